The molecule has 2 atom stereocenters. The van der Waals surface area contributed by atoms with Crippen molar-refractivity contribution >= 4 is 0 Å². The van der Waals surface area contributed by atoms with Crippen LogP contribution in [0.25, 0.3) is 0 Å². The van der Waals surface area contributed by atoms with E-state index in [1.54, 1.807) is 0 Å². The Morgan fingerprint density at radius 1 is 1.38 bits per heavy atom. The number of benzene rings is 1. The lowest BCUT2D eigenvalue weighted by molar-refractivity contribution is -0.0104. The Labute approximate surface area is 93.1 Å². The zero-order chi connectivity index (χ0) is 11.8. The number of halogens is 2. The van der Waals surface area contributed by atoms with Gasteiger partial charge in [0.1, 0.15) is 11.6 Å². The highest BCUT2D eigenvalue weighted by Gasteiger charge is 2.36. The summed E-state index contributed by atoms with van der Waals surface area (Å²) in [5, 5.41) is 10.3. The third-order valence-electron chi connectivity index (χ3n) is 3.19. The highest BCUT2D eigenvalue weighted by Crippen LogP contribution is 2.37. The first kappa shape index (κ1) is 11.5. The van der Waals surface area contributed by atoms with Crippen LogP contribution >= 0.6 is 0 Å². The van der Waals surface area contributed by atoms with Crippen molar-refractivity contribution < 1.29 is 13.9 Å². The molecule has 4 heteroatoms. The molecular weight excluding hydrogens is 212 g/mol. The van der Waals surface area contributed by atoms with Gasteiger partial charge >= 0.3 is 0 Å². The normalized spacial score (nSPS) is 30.4. The van der Waals surface area contributed by atoms with Crippen molar-refractivity contribution in [3.8, 4) is 0 Å². The van der Waals surface area contributed by atoms with E-state index in [2.05, 4.69) is 0 Å². The van der Waals surface area contributed by atoms with E-state index < -0.39 is 17.2 Å². The first-order valence-electron chi connectivity index (χ1n) is 5.45. The van der Waals surface area contributed by atoms with E-state index in [0.29, 0.717) is 6.42 Å². The van der Waals surface area contributed by atoms with E-state index in [-0.39, 0.29) is 18.0 Å². The Bertz CT molecular complexity index is 397. The molecule has 0 bridgehead atoms. The summed E-state index contributed by atoms with van der Waals surface area (Å²) in [6, 6.07) is 3.00. The molecule has 0 radical (unpaired) electrons. The van der Waals surface area contributed by atoms with Gasteiger partial charge in [-0.1, -0.05) is 0 Å². The van der Waals surface area contributed by atoms with Crippen molar-refractivity contribution in [3.05, 3.63) is 35.4 Å². The van der Waals surface area contributed by atoms with E-state index in [0.717, 1.165) is 31.0 Å². The third kappa shape index (κ3) is 2.08. The van der Waals surface area contributed by atoms with Crippen LogP contribution in [0.1, 0.15) is 31.2 Å². The Morgan fingerprint density at radius 3 is 2.81 bits per heavy atom. The van der Waals surface area contributed by atoms with Crippen molar-refractivity contribution in [2.45, 2.75) is 37.3 Å². The van der Waals surface area contributed by atoms with E-state index in [1.165, 1.54) is 0 Å². The Hall–Kier alpha value is -1.00. The summed E-state index contributed by atoms with van der Waals surface area (Å²) in [4.78, 5) is 0. The fourth-order valence-electron chi connectivity index (χ4n) is 2.39. The van der Waals surface area contributed by atoms with Crippen LogP contribution in [0.5, 0.6) is 0 Å². The molecule has 1 aromatic carbocycles. The van der Waals surface area contributed by atoms with Crippen LogP contribution in [0.2, 0.25) is 0 Å². The maximum atomic E-state index is 13.6. The molecule has 0 aliphatic heterocycles. The molecule has 3 N–H and O–H groups in total. The number of aliphatic hydroxyl groups is 1. The van der Waals surface area contributed by atoms with E-state index >= 15 is 0 Å². The topological polar surface area (TPSA) is 46.2 Å². The van der Waals surface area contributed by atoms with Gasteiger partial charge in [0, 0.05) is 11.6 Å². The van der Waals surface area contributed by atoms with Crippen molar-refractivity contribution in [2.75, 3.05) is 0 Å². The summed E-state index contributed by atoms with van der Waals surface area (Å²) in [6.07, 6.45) is 2.27. The van der Waals surface area contributed by atoms with Crippen molar-refractivity contribution in [3.63, 3.8) is 0 Å². The number of rotatable bonds is 1. The summed E-state index contributed by atoms with van der Waals surface area (Å²) in [6.45, 7) is 0. The van der Waals surface area contributed by atoms with Gasteiger partial charge in [-0.15, -0.1) is 0 Å². The molecule has 1 aromatic rings. The fraction of sp³-hybridized carbons (Fsp3) is 0.500. The largest absolute Gasteiger partial charge is 0.385 e. The molecule has 2 nitrogen and oxygen atoms in total. The highest BCUT2D eigenvalue weighted by molar-refractivity contribution is 5.26. The minimum Gasteiger partial charge on any atom is -0.385 e. The molecule has 0 spiro atoms. The second kappa shape index (κ2) is 4.11. The molecule has 0 aromatic heterocycles. The molecule has 2 rings (SSSR count). The summed E-state index contributed by atoms with van der Waals surface area (Å²) in [5.41, 5.74) is 4.47. The molecule has 88 valence electrons. The third-order valence-corrected chi connectivity index (χ3v) is 3.19. The van der Waals surface area contributed by atoms with Gasteiger partial charge in [-0.25, -0.2) is 8.78 Å². The summed E-state index contributed by atoms with van der Waals surface area (Å²) in [7, 11) is 0. The van der Waals surface area contributed by atoms with Gasteiger partial charge in [-0.3, -0.25) is 0 Å². The second-order valence-electron chi connectivity index (χ2n) is 4.51. The fourth-order valence-corrected chi connectivity index (χ4v) is 2.39. The Balaban J connectivity index is 2.37. The lowest BCUT2D eigenvalue weighted by Gasteiger charge is -2.35. The van der Waals surface area contributed by atoms with Crippen LogP contribution in [0.15, 0.2) is 18.2 Å². The molecule has 0 heterocycles. The first-order valence-corrected chi connectivity index (χ1v) is 5.45. The lowest BCUT2D eigenvalue weighted by Crippen LogP contribution is -2.39. The van der Waals surface area contributed by atoms with Gasteiger partial charge in [0.2, 0.25) is 0 Å². The van der Waals surface area contributed by atoms with Gasteiger partial charge in [-0.05, 0) is 43.9 Å². The summed E-state index contributed by atoms with van der Waals surface area (Å²) >= 11 is 0. The number of nitrogens with two attached hydrogens (primary N) is 1. The molecule has 16 heavy (non-hydrogen) atoms. The number of hydrogen-bond acceptors (Lipinski definition) is 2. The smallest absolute Gasteiger partial charge is 0.129 e. The number of hydrogen-bond donors (Lipinski definition) is 2. The standard InChI is InChI=1S/C12H15F2NO/c13-8-3-4-11(14)10(6-8)12(16)5-1-2-9(15)7-12/h3-4,6,9,16H,1-2,5,7,15H2. The SMILES string of the molecule is NC1CCCC(O)(c2cc(F)ccc2F)C1. The molecule has 2 unspecified atom stereocenters. The monoisotopic (exact) mass is 227 g/mol. The van der Waals surface area contributed by atoms with Crippen molar-refractivity contribution in [1.29, 1.82) is 0 Å². The second-order valence-corrected chi connectivity index (χ2v) is 4.51. The maximum Gasteiger partial charge on any atom is 0.129 e. The zero-order valence-electron chi connectivity index (χ0n) is 8.92. The van der Waals surface area contributed by atoms with Gasteiger partial charge in [0.25, 0.3) is 0 Å². The predicted molar refractivity (Wildman–Crippen MR) is 56.7 cm³/mol. The first-order chi connectivity index (χ1) is 7.51. The molecule has 1 fully saturated rings. The van der Waals surface area contributed by atoms with Gasteiger partial charge < -0.3 is 10.8 Å². The Kier molecular flexibility index (Phi) is 2.95. The van der Waals surface area contributed by atoms with Crippen LogP contribution in [0, 0.1) is 11.6 Å². The van der Waals surface area contributed by atoms with Crippen LogP contribution in [0.3, 0.4) is 0 Å². The van der Waals surface area contributed by atoms with Crippen molar-refractivity contribution in [1.82, 2.24) is 0 Å². The zero-order valence-corrected chi connectivity index (χ0v) is 8.92. The van der Waals surface area contributed by atoms with E-state index in [4.69, 9.17) is 5.73 Å². The van der Waals surface area contributed by atoms with E-state index in [1.807, 2.05) is 0 Å². The summed E-state index contributed by atoms with van der Waals surface area (Å²) < 4.78 is 26.6. The van der Waals surface area contributed by atoms with Gasteiger partial charge in [-0.2, -0.15) is 0 Å². The van der Waals surface area contributed by atoms with E-state index in [9.17, 15) is 13.9 Å². The summed E-state index contributed by atoms with van der Waals surface area (Å²) in [5.74, 6) is -1.11. The average Bonchev–Trinajstić information content (AvgIpc) is 2.21. The molecule has 1 aliphatic carbocycles. The minimum atomic E-state index is -1.32. The quantitative estimate of drug-likeness (QED) is 0.771. The van der Waals surface area contributed by atoms with Gasteiger partial charge in [0.05, 0.1) is 5.60 Å². The van der Waals surface area contributed by atoms with Gasteiger partial charge in [0.15, 0.2) is 0 Å². The molecule has 1 aliphatic rings. The molecular formula is C12H15F2NO. The van der Waals surface area contributed by atoms with Crippen LogP contribution in [0.4, 0.5) is 8.78 Å². The molecule has 0 saturated heterocycles. The van der Waals surface area contributed by atoms with Crippen LogP contribution in [-0.4, -0.2) is 11.1 Å². The van der Waals surface area contributed by atoms with Crippen LogP contribution < -0.4 is 5.73 Å². The van der Waals surface area contributed by atoms with Crippen LogP contribution in [-0.2, 0) is 5.60 Å². The molecule has 1 saturated carbocycles. The average molecular weight is 227 g/mol. The maximum absolute atomic E-state index is 13.6. The van der Waals surface area contributed by atoms with Crippen molar-refractivity contribution in [2.24, 2.45) is 5.73 Å². The highest BCUT2D eigenvalue weighted by atomic mass is 19.1. The predicted octanol–water partition coefficient (Wildman–Crippen LogP) is 2.05. The lowest BCUT2D eigenvalue weighted by atomic mass is 9.77. The minimum absolute atomic E-state index is 0.0302. The Morgan fingerprint density at radius 2 is 2.12 bits per heavy atom. The molecule has 0 amide bonds.